The number of anilines is 1. The van der Waals surface area contributed by atoms with E-state index in [1.165, 1.54) is 16.4 Å². The van der Waals surface area contributed by atoms with Crippen LogP contribution >= 0.6 is 0 Å². The molecule has 0 unspecified atom stereocenters. The Kier molecular flexibility index (Phi) is 6.03. The van der Waals surface area contributed by atoms with Crippen LogP contribution in [0.2, 0.25) is 0 Å². The van der Waals surface area contributed by atoms with E-state index in [1.807, 2.05) is 13.8 Å². The zero-order valence-electron chi connectivity index (χ0n) is 17.6. The fourth-order valence-corrected chi connectivity index (χ4v) is 6.33. The fourth-order valence-electron chi connectivity index (χ4n) is 4.57. The molecule has 3 atom stereocenters. The maximum Gasteiger partial charge on any atom is 0.243 e. The Morgan fingerprint density at radius 2 is 1.77 bits per heavy atom. The average molecular weight is 447 g/mol. The third-order valence-corrected chi connectivity index (χ3v) is 7.89. The first-order chi connectivity index (χ1) is 14.7. The highest BCUT2D eigenvalue weighted by Crippen LogP contribution is 2.42. The molecular formula is C23H27FN2O4S. The van der Waals surface area contributed by atoms with E-state index in [1.54, 1.807) is 24.3 Å². The number of carbonyl (C=O) groups is 1. The van der Waals surface area contributed by atoms with Gasteiger partial charge >= 0.3 is 0 Å². The number of rotatable bonds is 6. The molecular weight excluding hydrogens is 419 g/mol. The van der Waals surface area contributed by atoms with Gasteiger partial charge in [-0.3, -0.25) is 4.79 Å². The van der Waals surface area contributed by atoms with E-state index >= 15 is 0 Å². The van der Waals surface area contributed by atoms with Gasteiger partial charge in [0.25, 0.3) is 0 Å². The topological polar surface area (TPSA) is 75.7 Å². The maximum atomic E-state index is 13.3. The molecule has 2 bridgehead atoms. The summed E-state index contributed by atoms with van der Waals surface area (Å²) in [5.41, 5.74) is 0.649. The first kappa shape index (κ1) is 21.8. The van der Waals surface area contributed by atoms with Gasteiger partial charge in [0.1, 0.15) is 11.6 Å². The van der Waals surface area contributed by atoms with Crippen LogP contribution in [-0.4, -0.2) is 37.3 Å². The van der Waals surface area contributed by atoms with Gasteiger partial charge in [-0.1, -0.05) is 0 Å². The summed E-state index contributed by atoms with van der Waals surface area (Å²) in [6.07, 6.45) is 2.28. The van der Waals surface area contributed by atoms with Crippen molar-refractivity contribution in [1.82, 2.24) is 4.31 Å². The van der Waals surface area contributed by atoms with Crippen LogP contribution < -0.4 is 10.1 Å². The lowest BCUT2D eigenvalue weighted by molar-refractivity contribution is -0.125. The van der Waals surface area contributed by atoms with Crippen molar-refractivity contribution in [3.05, 3.63) is 54.3 Å². The van der Waals surface area contributed by atoms with Crippen LogP contribution in [0, 0.1) is 17.7 Å². The van der Waals surface area contributed by atoms with E-state index in [2.05, 4.69) is 5.32 Å². The molecule has 5 rings (SSSR count). The van der Waals surface area contributed by atoms with Gasteiger partial charge in [0.05, 0.1) is 16.9 Å². The van der Waals surface area contributed by atoms with Crippen molar-refractivity contribution < 1.29 is 22.3 Å². The molecule has 166 valence electrons. The molecule has 6 nitrogen and oxygen atoms in total. The second-order valence-corrected chi connectivity index (χ2v) is 10.5. The number of nitrogens with one attached hydrogen (secondary N) is 1. The number of halogens is 1. The normalized spacial score (nSPS) is 23.7. The average Bonchev–Trinajstić information content (AvgIpc) is 2.75. The summed E-state index contributed by atoms with van der Waals surface area (Å²) < 4.78 is 46.7. The van der Waals surface area contributed by atoms with Crippen LogP contribution in [0.3, 0.4) is 0 Å². The van der Waals surface area contributed by atoms with Crippen LogP contribution in [0.4, 0.5) is 10.1 Å². The molecule has 31 heavy (non-hydrogen) atoms. The van der Waals surface area contributed by atoms with Gasteiger partial charge in [0.2, 0.25) is 15.9 Å². The van der Waals surface area contributed by atoms with Crippen molar-refractivity contribution in [3.8, 4) is 5.75 Å². The summed E-state index contributed by atoms with van der Waals surface area (Å²) in [5, 5.41) is 2.93. The highest BCUT2D eigenvalue weighted by molar-refractivity contribution is 7.89. The third-order valence-electron chi connectivity index (χ3n) is 5.98. The number of ether oxygens (including phenoxy) is 1. The largest absolute Gasteiger partial charge is 0.491 e. The number of hydrogen-bond donors (Lipinski definition) is 1. The van der Waals surface area contributed by atoms with Gasteiger partial charge in [-0.15, -0.1) is 0 Å². The highest BCUT2D eigenvalue weighted by atomic mass is 32.2. The van der Waals surface area contributed by atoms with Crippen LogP contribution in [-0.2, 0) is 14.8 Å². The SMILES string of the molecule is CC(C)Oc1ccc(NC(=O)[C@@H]2C[C@@H]3CC[C@H]2N(S(=O)(=O)c2ccc(F)cc2)C3)cc1. The lowest BCUT2D eigenvalue weighted by atomic mass is 9.73. The summed E-state index contributed by atoms with van der Waals surface area (Å²) in [4.78, 5) is 13.1. The van der Waals surface area contributed by atoms with E-state index in [-0.39, 0.29) is 22.8 Å². The van der Waals surface area contributed by atoms with Gasteiger partial charge in [-0.25, -0.2) is 12.8 Å². The Bertz CT molecular complexity index is 1040. The quantitative estimate of drug-likeness (QED) is 0.727. The lowest BCUT2D eigenvalue weighted by Gasteiger charge is -2.48. The summed E-state index contributed by atoms with van der Waals surface area (Å²) in [7, 11) is -3.80. The second kappa shape index (κ2) is 8.59. The predicted molar refractivity (Wildman–Crippen MR) is 116 cm³/mol. The standard InChI is InChI=1S/C23H27FN2O4S/c1-15(2)30-19-8-6-18(7-9-19)25-23(27)21-13-16-3-12-22(21)26(14-16)31(28,29)20-10-4-17(24)5-11-20/h4-11,15-16,21-22H,3,12-14H2,1-2H3,(H,25,27)/t16-,21+,22+/m0/s1. The summed E-state index contributed by atoms with van der Waals surface area (Å²) in [6.45, 7) is 4.29. The number of hydrogen-bond acceptors (Lipinski definition) is 4. The number of sulfonamides is 1. The van der Waals surface area contributed by atoms with E-state index in [0.29, 0.717) is 25.1 Å². The van der Waals surface area contributed by atoms with Crippen LogP contribution in [0.15, 0.2) is 53.4 Å². The minimum Gasteiger partial charge on any atom is -0.491 e. The molecule has 0 aromatic heterocycles. The van der Waals surface area contributed by atoms with Crippen molar-refractivity contribution in [2.24, 2.45) is 11.8 Å². The van der Waals surface area contributed by atoms with Crippen molar-refractivity contribution >= 4 is 21.6 Å². The van der Waals surface area contributed by atoms with Crippen LogP contribution in [0.25, 0.3) is 0 Å². The van der Waals surface area contributed by atoms with E-state index in [0.717, 1.165) is 24.3 Å². The molecule has 8 heteroatoms. The summed E-state index contributed by atoms with van der Waals surface area (Å²) >= 11 is 0. The zero-order valence-corrected chi connectivity index (χ0v) is 18.4. The Morgan fingerprint density at radius 3 is 2.39 bits per heavy atom. The molecule has 2 aromatic carbocycles. The second-order valence-electron chi connectivity index (χ2n) is 8.56. The Morgan fingerprint density at radius 1 is 1.10 bits per heavy atom. The molecule has 1 amide bonds. The van der Waals surface area contributed by atoms with Crippen molar-refractivity contribution in [2.75, 3.05) is 11.9 Å². The van der Waals surface area contributed by atoms with Gasteiger partial charge in [0, 0.05) is 18.3 Å². The highest BCUT2D eigenvalue weighted by Gasteiger charge is 2.48. The van der Waals surface area contributed by atoms with Crippen LogP contribution in [0.5, 0.6) is 5.75 Å². The molecule has 1 saturated carbocycles. The number of piperidine rings is 2. The van der Waals surface area contributed by atoms with E-state index in [9.17, 15) is 17.6 Å². The molecule has 2 aromatic rings. The fraction of sp³-hybridized carbons (Fsp3) is 0.435. The third kappa shape index (κ3) is 4.60. The molecule has 0 spiro atoms. The van der Waals surface area contributed by atoms with Crippen molar-refractivity contribution in [2.45, 2.75) is 50.2 Å². The van der Waals surface area contributed by atoms with Gasteiger partial charge in [-0.2, -0.15) is 4.31 Å². The Hall–Kier alpha value is -2.45. The molecule has 1 N–H and O–H groups in total. The van der Waals surface area contributed by atoms with E-state index in [4.69, 9.17) is 4.74 Å². The Balaban J connectivity index is 1.50. The molecule has 1 aliphatic carbocycles. The number of benzene rings is 2. The monoisotopic (exact) mass is 446 g/mol. The van der Waals surface area contributed by atoms with Crippen molar-refractivity contribution in [1.29, 1.82) is 0 Å². The maximum absolute atomic E-state index is 13.3. The minimum absolute atomic E-state index is 0.0568. The van der Waals surface area contributed by atoms with E-state index < -0.39 is 27.8 Å². The number of carbonyl (C=O) groups excluding carboxylic acids is 1. The smallest absolute Gasteiger partial charge is 0.243 e. The van der Waals surface area contributed by atoms with Crippen molar-refractivity contribution in [3.63, 3.8) is 0 Å². The number of nitrogens with zero attached hydrogens (tertiary/aromatic N) is 1. The molecule has 2 aliphatic heterocycles. The Labute approximate surface area is 182 Å². The summed E-state index contributed by atoms with van der Waals surface area (Å²) in [6, 6.07) is 11.6. The predicted octanol–water partition coefficient (Wildman–Crippen LogP) is 4.04. The summed E-state index contributed by atoms with van der Waals surface area (Å²) in [5.74, 6) is -0.221. The molecule has 2 saturated heterocycles. The molecule has 0 radical (unpaired) electrons. The van der Waals surface area contributed by atoms with Gasteiger partial charge < -0.3 is 10.1 Å². The van der Waals surface area contributed by atoms with Gasteiger partial charge in [-0.05, 0) is 87.6 Å². The van der Waals surface area contributed by atoms with Crippen LogP contribution in [0.1, 0.15) is 33.1 Å². The first-order valence-corrected chi connectivity index (χ1v) is 12.0. The molecule has 3 fully saturated rings. The first-order valence-electron chi connectivity index (χ1n) is 10.6. The molecule has 2 heterocycles. The van der Waals surface area contributed by atoms with Gasteiger partial charge in [0.15, 0.2) is 0 Å². The number of amides is 1. The zero-order chi connectivity index (χ0) is 22.2. The minimum atomic E-state index is -3.80. The molecule has 3 aliphatic rings. The lowest BCUT2D eigenvalue weighted by Crippen LogP contribution is -2.57. The number of fused-ring (bicyclic) bond motifs is 3.